The number of para-hydroxylation sites is 1. The predicted molar refractivity (Wildman–Crippen MR) is 84.7 cm³/mol. The normalized spacial score (nSPS) is 10.5. The van der Waals surface area contributed by atoms with E-state index in [1.807, 2.05) is 12.1 Å². The average molecular weight is 326 g/mol. The fraction of sp³-hybridized carbons (Fsp3) is 0.125. The summed E-state index contributed by atoms with van der Waals surface area (Å²) < 4.78 is 6.34. The first-order valence-electron chi connectivity index (χ1n) is 7.20. The van der Waals surface area contributed by atoms with Crippen LogP contribution in [0.2, 0.25) is 0 Å². The summed E-state index contributed by atoms with van der Waals surface area (Å²) in [5, 5.41) is 4.59. The fourth-order valence-electron chi connectivity index (χ4n) is 2.19. The number of benzene rings is 1. The zero-order valence-electron chi connectivity index (χ0n) is 12.6. The van der Waals surface area contributed by atoms with Gasteiger partial charge in [0.05, 0.1) is 6.42 Å². The molecule has 2 amide bonds. The Morgan fingerprint density at radius 3 is 2.62 bits per heavy atom. The molecule has 0 bridgehead atoms. The number of aromatic nitrogens is 2. The maximum atomic E-state index is 11.9. The summed E-state index contributed by atoms with van der Waals surface area (Å²) >= 11 is 0. The quantitative estimate of drug-likeness (QED) is 0.674. The summed E-state index contributed by atoms with van der Waals surface area (Å²) in [4.78, 5) is 35.2. The highest BCUT2D eigenvalue weighted by atomic mass is 16.5. The van der Waals surface area contributed by atoms with Crippen LogP contribution >= 0.6 is 0 Å². The molecule has 3 aromatic rings. The Bertz CT molecular complexity index is 944. The standard InChI is InChI=1S/C16H14N4O4/c21-14(9-12-11-5-1-2-6-13(11)24-19-12)17-18-15(22)10-20-8-4-3-7-16(20)23/h1-8H,9-10H2,(H,17,21)(H,18,22). The summed E-state index contributed by atoms with van der Waals surface area (Å²) in [5.74, 6) is -0.954. The number of amides is 2. The van der Waals surface area contributed by atoms with E-state index in [0.29, 0.717) is 11.3 Å². The fourth-order valence-corrected chi connectivity index (χ4v) is 2.19. The summed E-state index contributed by atoms with van der Waals surface area (Å²) in [5.41, 5.74) is 5.33. The second-order valence-corrected chi connectivity index (χ2v) is 5.07. The molecule has 0 atom stereocenters. The number of rotatable bonds is 4. The van der Waals surface area contributed by atoms with Crippen molar-refractivity contribution in [1.82, 2.24) is 20.6 Å². The van der Waals surface area contributed by atoms with Crippen LogP contribution in [0, 0.1) is 0 Å². The number of carbonyl (C=O) groups is 2. The van der Waals surface area contributed by atoms with Gasteiger partial charge in [-0.25, -0.2) is 0 Å². The van der Waals surface area contributed by atoms with Gasteiger partial charge in [-0.3, -0.25) is 25.2 Å². The van der Waals surface area contributed by atoms with Crippen LogP contribution in [0.3, 0.4) is 0 Å². The lowest BCUT2D eigenvalue weighted by atomic mass is 10.2. The molecule has 24 heavy (non-hydrogen) atoms. The number of hydrazine groups is 1. The number of nitrogens with zero attached hydrogens (tertiary/aromatic N) is 2. The molecule has 2 aromatic heterocycles. The third kappa shape index (κ3) is 3.49. The molecule has 2 heterocycles. The molecule has 0 spiro atoms. The Balaban J connectivity index is 1.55. The van der Waals surface area contributed by atoms with Gasteiger partial charge < -0.3 is 9.09 Å². The van der Waals surface area contributed by atoms with Crippen LogP contribution in [0.25, 0.3) is 11.0 Å². The van der Waals surface area contributed by atoms with Crippen molar-refractivity contribution in [3.63, 3.8) is 0 Å². The molecular formula is C16H14N4O4. The highest BCUT2D eigenvalue weighted by Gasteiger charge is 2.12. The van der Waals surface area contributed by atoms with Crippen LogP contribution < -0.4 is 16.4 Å². The lowest BCUT2D eigenvalue weighted by molar-refractivity contribution is -0.129. The van der Waals surface area contributed by atoms with Gasteiger partial charge in [-0.05, 0) is 18.2 Å². The van der Waals surface area contributed by atoms with Crippen molar-refractivity contribution >= 4 is 22.8 Å². The lowest BCUT2D eigenvalue weighted by Crippen LogP contribution is -2.44. The van der Waals surface area contributed by atoms with E-state index >= 15 is 0 Å². The summed E-state index contributed by atoms with van der Waals surface area (Å²) in [6.07, 6.45) is 1.45. The minimum Gasteiger partial charge on any atom is -0.356 e. The van der Waals surface area contributed by atoms with Crippen molar-refractivity contribution < 1.29 is 14.1 Å². The molecule has 0 saturated heterocycles. The summed E-state index contributed by atoms with van der Waals surface area (Å²) in [6.45, 7) is -0.188. The van der Waals surface area contributed by atoms with Gasteiger partial charge in [-0.2, -0.15) is 0 Å². The van der Waals surface area contributed by atoms with Gasteiger partial charge in [0.1, 0.15) is 12.2 Å². The number of pyridine rings is 1. The van der Waals surface area contributed by atoms with Crippen LogP contribution in [0.15, 0.2) is 58.0 Å². The predicted octanol–water partition coefficient (Wildman–Crippen LogP) is 0.380. The Hall–Kier alpha value is -3.42. The molecule has 122 valence electrons. The van der Waals surface area contributed by atoms with Gasteiger partial charge in [0.2, 0.25) is 5.91 Å². The highest BCUT2D eigenvalue weighted by molar-refractivity contribution is 5.87. The number of carbonyl (C=O) groups excluding carboxylic acids is 2. The Labute approximate surface area is 136 Å². The van der Waals surface area contributed by atoms with Crippen molar-refractivity contribution in [2.75, 3.05) is 0 Å². The topological polar surface area (TPSA) is 106 Å². The first-order valence-corrected chi connectivity index (χ1v) is 7.20. The van der Waals surface area contributed by atoms with Gasteiger partial charge in [0.25, 0.3) is 11.5 Å². The van der Waals surface area contributed by atoms with Crippen LogP contribution in [0.1, 0.15) is 5.69 Å². The van der Waals surface area contributed by atoms with Gasteiger partial charge in [-0.1, -0.05) is 23.4 Å². The molecule has 3 rings (SSSR count). The molecule has 8 heteroatoms. The molecule has 0 aliphatic rings. The second-order valence-electron chi connectivity index (χ2n) is 5.07. The molecule has 0 aliphatic carbocycles. The first-order chi connectivity index (χ1) is 11.6. The molecule has 0 radical (unpaired) electrons. The van der Waals surface area contributed by atoms with E-state index < -0.39 is 11.8 Å². The van der Waals surface area contributed by atoms with Gasteiger partial charge >= 0.3 is 0 Å². The third-order valence-corrected chi connectivity index (χ3v) is 3.33. The zero-order chi connectivity index (χ0) is 16.9. The first kappa shape index (κ1) is 15.5. The lowest BCUT2D eigenvalue weighted by Gasteiger charge is -2.08. The monoisotopic (exact) mass is 326 g/mol. The second kappa shape index (κ2) is 6.78. The van der Waals surface area contributed by atoms with Crippen molar-refractivity contribution in [3.8, 4) is 0 Å². The van der Waals surface area contributed by atoms with Crippen LogP contribution in [-0.2, 0) is 22.6 Å². The van der Waals surface area contributed by atoms with Crippen LogP contribution in [0.5, 0.6) is 0 Å². The zero-order valence-corrected chi connectivity index (χ0v) is 12.6. The molecule has 0 fully saturated rings. The Morgan fingerprint density at radius 2 is 1.79 bits per heavy atom. The minimum atomic E-state index is -0.512. The van der Waals surface area contributed by atoms with E-state index in [9.17, 15) is 14.4 Å². The molecule has 0 aliphatic heterocycles. The van der Waals surface area contributed by atoms with Gasteiger partial charge in [0, 0.05) is 17.6 Å². The van der Waals surface area contributed by atoms with Crippen molar-refractivity contribution in [2.45, 2.75) is 13.0 Å². The summed E-state index contributed by atoms with van der Waals surface area (Å²) in [6, 6.07) is 11.8. The van der Waals surface area contributed by atoms with Crippen molar-refractivity contribution in [2.24, 2.45) is 0 Å². The maximum absolute atomic E-state index is 11.9. The largest absolute Gasteiger partial charge is 0.356 e. The van der Waals surface area contributed by atoms with Gasteiger partial charge in [-0.15, -0.1) is 0 Å². The molecular weight excluding hydrogens is 312 g/mol. The SMILES string of the molecule is O=C(Cc1noc2ccccc12)NNC(=O)Cn1ccccc1=O. The number of hydrogen-bond acceptors (Lipinski definition) is 5. The molecule has 0 saturated carbocycles. The number of nitrogens with one attached hydrogen (secondary N) is 2. The van der Waals surface area contributed by atoms with Crippen LogP contribution in [0.4, 0.5) is 0 Å². The van der Waals surface area contributed by atoms with E-state index in [1.54, 1.807) is 24.3 Å². The third-order valence-electron chi connectivity index (χ3n) is 3.33. The van der Waals surface area contributed by atoms with E-state index in [0.717, 1.165) is 5.39 Å². The van der Waals surface area contributed by atoms with E-state index in [2.05, 4.69) is 16.0 Å². The Morgan fingerprint density at radius 1 is 1.04 bits per heavy atom. The molecule has 0 unspecified atom stereocenters. The smallest absolute Gasteiger partial charge is 0.258 e. The van der Waals surface area contributed by atoms with Gasteiger partial charge in [0.15, 0.2) is 5.58 Å². The summed E-state index contributed by atoms with van der Waals surface area (Å²) in [7, 11) is 0. The van der Waals surface area contributed by atoms with E-state index in [1.165, 1.54) is 16.8 Å². The molecule has 2 N–H and O–H groups in total. The van der Waals surface area contributed by atoms with Crippen molar-refractivity contribution in [3.05, 3.63) is 64.7 Å². The molecule has 8 nitrogen and oxygen atoms in total. The van der Waals surface area contributed by atoms with E-state index in [4.69, 9.17) is 4.52 Å². The number of fused-ring (bicyclic) bond motifs is 1. The average Bonchev–Trinajstić information content (AvgIpc) is 2.98. The van der Waals surface area contributed by atoms with E-state index in [-0.39, 0.29) is 18.5 Å². The minimum absolute atomic E-state index is 0.0391. The molecule has 1 aromatic carbocycles. The maximum Gasteiger partial charge on any atom is 0.258 e. The number of hydrogen-bond donors (Lipinski definition) is 2. The van der Waals surface area contributed by atoms with Crippen LogP contribution in [-0.4, -0.2) is 21.5 Å². The highest BCUT2D eigenvalue weighted by Crippen LogP contribution is 2.17. The van der Waals surface area contributed by atoms with Crippen molar-refractivity contribution in [1.29, 1.82) is 0 Å². The Kier molecular flexibility index (Phi) is 4.37.